The van der Waals surface area contributed by atoms with E-state index in [4.69, 9.17) is 0 Å². The van der Waals surface area contributed by atoms with Crippen molar-refractivity contribution in [1.29, 1.82) is 0 Å². The number of rotatable bonds is 8. The van der Waals surface area contributed by atoms with Crippen LogP contribution in [0.3, 0.4) is 0 Å². The first kappa shape index (κ1) is 23.1. The van der Waals surface area contributed by atoms with Crippen LogP contribution in [0.25, 0.3) is 5.69 Å². The Labute approximate surface area is 195 Å². The summed E-state index contributed by atoms with van der Waals surface area (Å²) in [5, 5.41) is 7.54. The first-order valence-corrected chi connectivity index (χ1v) is 11.6. The van der Waals surface area contributed by atoms with Crippen LogP contribution in [0.2, 0.25) is 0 Å². The van der Waals surface area contributed by atoms with Gasteiger partial charge in [0.1, 0.15) is 5.82 Å². The van der Waals surface area contributed by atoms with Crippen molar-refractivity contribution in [2.24, 2.45) is 0 Å². The topological polar surface area (TPSA) is 53.4 Å². The fourth-order valence-corrected chi connectivity index (χ4v) is 4.41. The van der Waals surface area contributed by atoms with Gasteiger partial charge in [0.15, 0.2) is 0 Å². The van der Waals surface area contributed by atoms with Crippen molar-refractivity contribution in [3.63, 3.8) is 0 Å². The lowest BCUT2D eigenvalue weighted by atomic mass is 10.1. The molecule has 1 aliphatic rings. The standard InChI is InChI=1S/C26H32FN5O/c1-20-25(21(2)32(29-20)24-11-9-23(27)10-12-24)26(33)28-13-6-14-30-15-17-31(18-16-30)19-22-7-4-3-5-8-22/h3-5,7-12H,6,13-19H2,1-2H3,(H,28,33). The molecule has 2 aromatic carbocycles. The molecule has 0 atom stereocenters. The zero-order valence-electron chi connectivity index (χ0n) is 19.4. The van der Waals surface area contributed by atoms with Crippen molar-refractivity contribution < 1.29 is 9.18 Å². The molecule has 0 aliphatic carbocycles. The predicted molar refractivity (Wildman–Crippen MR) is 128 cm³/mol. The van der Waals surface area contributed by atoms with Crippen LogP contribution in [0, 0.1) is 19.7 Å². The van der Waals surface area contributed by atoms with Gasteiger partial charge in [-0.2, -0.15) is 5.10 Å². The lowest BCUT2D eigenvalue weighted by Gasteiger charge is -2.34. The number of piperazine rings is 1. The van der Waals surface area contributed by atoms with Crippen LogP contribution in [-0.4, -0.2) is 64.8 Å². The van der Waals surface area contributed by atoms with Crippen LogP contribution in [0.5, 0.6) is 0 Å². The molecule has 1 saturated heterocycles. The van der Waals surface area contributed by atoms with Gasteiger partial charge < -0.3 is 10.2 Å². The van der Waals surface area contributed by atoms with Gasteiger partial charge in [-0.3, -0.25) is 9.69 Å². The molecule has 7 heteroatoms. The first-order valence-electron chi connectivity index (χ1n) is 11.6. The van der Waals surface area contributed by atoms with Gasteiger partial charge in [-0.15, -0.1) is 0 Å². The van der Waals surface area contributed by atoms with Crippen LogP contribution in [0.1, 0.15) is 33.7 Å². The van der Waals surface area contributed by atoms with Gasteiger partial charge in [0.2, 0.25) is 0 Å². The summed E-state index contributed by atoms with van der Waals surface area (Å²) in [7, 11) is 0. The Morgan fingerprint density at radius 1 is 0.970 bits per heavy atom. The lowest BCUT2D eigenvalue weighted by Crippen LogP contribution is -2.46. The maximum absolute atomic E-state index is 13.2. The Morgan fingerprint density at radius 2 is 1.64 bits per heavy atom. The highest BCUT2D eigenvalue weighted by atomic mass is 19.1. The van der Waals surface area contributed by atoms with E-state index >= 15 is 0 Å². The molecular formula is C26H32FN5O. The number of amides is 1. The summed E-state index contributed by atoms with van der Waals surface area (Å²) in [6, 6.07) is 16.7. The number of nitrogens with one attached hydrogen (secondary N) is 1. The highest BCUT2D eigenvalue weighted by molar-refractivity contribution is 5.96. The minimum atomic E-state index is -0.296. The van der Waals surface area contributed by atoms with Crippen molar-refractivity contribution in [2.45, 2.75) is 26.8 Å². The van der Waals surface area contributed by atoms with Gasteiger partial charge >= 0.3 is 0 Å². The van der Waals surface area contributed by atoms with Gasteiger partial charge in [0.25, 0.3) is 5.91 Å². The number of hydrogen-bond donors (Lipinski definition) is 1. The molecule has 6 nitrogen and oxygen atoms in total. The molecular weight excluding hydrogens is 417 g/mol. The number of carbonyl (C=O) groups is 1. The molecule has 1 aliphatic heterocycles. The van der Waals surface area contributed by atoms with Crippen LogP contribution >= 0.6 is 0 Å². The molecule has 2 heterocycles. The first-order chi connectivity index (χ1) is 16.0. The minimum absolute atomic E-state index is 0.106. The Bertz CT molecular complexity index is 1060. The number of aromatic nitrogens is 2. The fraction of sp³-hybridized carbons (Fsp3) is 0.385. The highest BCUT2D eigenvalue weighted by Crippen LogP contribution is 2.18. The molecule has 174 valence electrons. The van der Waals surface area contributed by atoms with Gasteiger partial charge in [-0.25, -0.2) is 9.07 Å². The Kier molecular flexibility index (Phi) is 7.52. The quantitative estimate of drug-likeness (QED) is 0.535. The van der Waals surface area contributed by atoms with Gasteiger partial charge in [0, 0.05) is 39.3 Å². The average Bonchev–Trinajstić information content (AvgIpc) is 3.12. The van der Waals surface area contributed by atoms with Crippen molar-refractivity contribution >= 4 is 5.91 Å². The Balaban J connectivity index is 1.21. The molecule has 0 saturated carbocycles. The van der Waals surface area contributed by atoms with Crippen LogP contribution < -0.4 is 5.32 Å². The zero-order valence-corrected chi connectivity index (χ0v) is 19.4. The number of aryl methyl sites for hydroxylation is 1. The second-order valence-electron chi connectivity index (χ2n) is 8.65. The average molecular weight is 450 g/mol. The van der Waals surface area contributed by atoms with E-state index in [1.807, 2.05) is 13.8 Å². The third-order valence-electron chi connectivity index (χ3n) is 6.24. The summed E-state index contributed by atoms with van der Waals surface area (Å²) in [5.41, 5.74) is 4.12. The van der Waals surface area contributed by atoms with E-state index in [1.54, 1.807) is 16.8 Å². The summed E-state index contributed by atoms with van der Waals surface area (Å²) >= 11 is 0. The third kappa shape index (κ3) is 5.86. The molecule has 0 unspecified atom stereocenters. The Hall–Kier alpha value is -3.03. The van der Waals surface area contributed by atoms with E-state index in [2.05, 4.69) is 50.5 Å². The monoisotopic (exact) mass is 449 g/mol. The number of benzene rings is 2. The van der Waals surface area contributed by atoms with E-state index in [0.717, 1.165) is 57.1 Å². The summed E-state index contributed by atoms with van der Waals surface area (Å²) in [4.78, 5) is 17.8. The zero-order chi connectivity index (χ0) is 23.2. The second kappa shape index (κ2) is 10.7. The van der Waals surface area contributed by atoms with Gasteiger partial charge in [-0.05, 0) is 56.6 Å². The van der Waals surface area contributed by atoms with E-state index in [-0.39, 0.29) is 11.7 Å². The molecule has 33 heavy (non-hydrogen) atoms. The van der Waals surface area contributed by atoms with Crippen molar-refractivity contribution in [3.8, 4) is 5.69 Å². The minimum Gasteiger partial charge on any atom is -0.352 e. The van der Waals surface area contributed by atoms with Crippen molar-refractivity contribution in [3.05, 3.63) is 82.9 Å². The second-order valence-corrected chi connectivity index (χ2v) is 8.65. The van der Waals surface area contributed by atoms with E-state index in [0.29, 0.717) is 17.8 Å². The Morgan fingerprint density at radius 3 is 2.33 bits per heavy atom. The number of hydrogen-bond acceptors (Lipinski definition) is 4. The van der Waals surface area contributed by atoms with Crippen LogP contribution in [0.4, 0.5) is 4.39 Å². The molecule has 3 aromatic rings. The van der Waals surface area contributed by atoms with E-state index in [1.165, 1.54) is 17.7 Å². The maximum atomic E-state index is 13.2. The fourth-order valence-electron chi connectivity index (χ4n) is 4.41. The molecule has 1 N–H and O–H groups in total. The number of carbonyl (C=O) groups excluding carboxylic acids is 1. The van der Waals surface area contributed by atoms with Crippen molar-refractivity contribution in [2.75, 3.05) is 39.3 Å². The third-order valence-corrected chi connectivity index (χ3v) is 6.24. The molecule has 1 fully saturated rings. The van der Waals surface area contributed by atoms with Gasteiger partial charge in [-0.1, -0.05) is 30.3 Å². The molecule has 4 rings (SSSR count). The maximum Gasteiger partial charge on any atom is 0.255 e. The largest absolute Gasteiger partial charge is 0.352 e. The normalized spacial score (nSPS) is 15.0. The smallest absolute Gasteiger partial charge is 0.255 e. The van der Waals surface area contributed by atoms with Crippen LogP contribution in [0.15, 0.2) is 54.6 Å². The van der Waals surface area contributed by atoms with E-state index in [9.17, 15) is 9.18 Å². The summed E-state index contributed by atoms with van der Waals surface area (Å²) in [6.45, 7) is 10.6. The summed E-state index contributed by atoms with van der Waals surface area (Å²) < 4.78 is 14.9. The number of nitrogens with zero attached hydrogens (tertiary/aromatic N) is 4. The number of halogens is 1. The highest BCUT2D eigenvalue weighted by Gasteiger charge is 2.20. The summed E-state index contributed by atoms with van der Waals surface area (Å²) in [6.07, 6.45) is 0.911. The molecule has 0 bridgehead atoms. The predicted octanol–water partition coefficient (Wildman–Crippen LogP) is 3.57. The molecule has 1 amide bonds. The molecule has 0 radical (unpaired) electrons. The van der Waals surface area contributed by atoms with Crippen LogP contribution in [-0.2, 0) is 6.54 Å². The van der Waals surface area contributed by atoms with E-state index < -0.39 is 0 Å². The lowest BCUT2D eigenvalue weighted by molar-refractivity contribution is 0.0946. The van der Waals surface area contributed by atoms with Gasteiger partial charge in [0.05, 0.1) is 22.6 Å². The summed E-state index contributed by atoms with van der Waals surface area (Å²) in [5.74, 6) is -0.401. The SMILES string of the molecule is Cc1nn(-c2ccc(F)cc2)c(C)c1C(=O)NCCCN1CCN(Cc2ccccc2)CC1. The van der Waals surface area contributed by atoms with Crippen molar-refractivity contribution in [1.82, 2.24) is 24.9 Å². The molecule has 1 aromatic heterocycles. The molecule has 0 spiro atoms.